The van der Waals surface area contributed by atoms with E-state index < -0.39 is 0 Å². The number of aryl methyl sites for hydroxylation is 1. The van der Waals surface area contributed by atoms with Crippen molar-refractivity contribution in [1.29, 1.82) is 0 Å². The van der Waals surface area contributed by atoms with E-state index in [2.05, 4.69) is 10.1 Å². The summed E-state index contributed by atoms with van der Waals surface area (Å²) in [7, 11) is 0. The van der Waals surface area contributed by atoms with Gasteiger partial charge in [-0.05, 0) is 19.9 Å². The smallest absolute Gasteiger partial charge is 0.294 e. The molecule has 0 fully saturated rings. The fraction of sp³-hybridized carbons (Fsp3) is 0.308. The molecule has 5 nitrogen and oxygen atoms in total. The molecule has 94 valence electrons. The Morgan fingerprint density at radius 3 is 2.72 bits per heavy atom. The second-order valence-corrected chi connectivity index (χ2v) is 4.10. The Kier molecular flexibility index (Phi) is 3.84. The molecule has 0 bridgehead atoms. The Hall–Kier alpha value is -2.01. The van der Waals surface area contributed by atoms with Gasteiger partial charge >= 0.3 is 0 Å². The van der Waals surface area contributed by atoms with Crippen molar-refractivity contribution in [1.82, 2.24) is 10.1 Å². The summed E-state index contributed by atoms with van der Waals surface area (Å²) < 4.78 is 4.96. The highest BCUT2D eigenvalue weighted by molar-refractivity contribution is 5.91. The van der Waals surface area contributed by atoms with Gasteiger partial charge in [0.15, 0.2) is 0 Å². The van der Waals surface area contributed by atoms with Gasteiger partial charge in [0.25, 0.3) is 5.89 Å². The van der Waals surface area contributed by atoms with Crippen LogP contribution in [-0.4, -0.2) is 22.5 Å². The Bertz CT molecular complexity index is 531. The first-order valence-corrected chi connectivity index (χ1v) is 5.84. The lowest BCUT2D eigenvalue weighted by Crippen LogP contribution is -2.05. The van der Waals surface area contributed by atoms with Crippen LogP contribution in [0.2, 0.25) is 0 Å². The molecule has 1 heterocycles. The van der Waals surface area contributed by atoms with Crippen LogP contribution in [0, 0.1) is 6.92 Å². The van der Waals surface area contributed by atoms with Crippen LogP contribution in [0.3, 0.4) is 0 Å². The Morgan fingerprint density at radius 1 is 1.33 bits per heavy atom. The predicted octanol–water partition coefficient (Wildman–Crippen LogP) is 1.97. The highest BCUT2D eigenvalue weighted by Gasteiger charge is 2.15. The number of nitrogens with zero attached hydrogens (tertiary/aromatic N) is 2. The van der Waals surface area contributed by atoms with E-state index >= 15 is 0 Å². The summed E-state index contributed by atoms with van der Waals surface area (Å²) in [5.74, 6) is 0.330. The highest BCUT2D eigenvalue weighted by Crippen LogP contribution is 2.16. The largest absolute Gasteiger partial charge is 0.330 e. The van der Waals surface area contributed by atoms with E-state index in [9.17, 15) is 4.79 Å². The fourth-order valence-electron chi connectivity index (χ4n) is 1.53. The molecule has 1 aromatic heterocycles. The van der Waals surface area contributed by atoms with Crippen LogP contribution in [0.15, 0.2) is 28.8 Å². The van der Waals surface area contributed by atoms with Crippen molar-refractivity contribution in [2.45, 2.75) is 19.8 Å². The van der Waals surface area contributed by atoms with Gasteiger partial charge in [-0.3, -0.25) is 4.79 Å². The third-order valence-electron chi connectivity index (χ3n) is 2.58. The first-order chi connectivity index (χ1) is 8.70. The van der Waals surface area contributed by atoms with E-state index in [0.717, 1.165) is 11.1 Å². The SMILES string of the molecule is Cc1ccc(-c2noc(C(=O)CCCN)n2)cc1. The van der Waals surface area contributed by atoms with Gasteiger partial charge in [0.2, 0.25) is 11.6 Å². The monoisotopic (exact) mass is 245 g/mol. The normalized spacial score (nSPS) is 10.6. The number of Topliss-reactive ketones (excluding diaryl/α,β-unsaturated/α-hetero) is 1. The number of ketones is 1. The fourth-order valence-corrected chi connectivity index (χ4v) is 1.53. The molecule has 0 aliphatic heterocycles. The van der Waals surface area contributed by atoms with E-state index in [-0.39, 0.29) is 11.7 Å². The topological polar surface area (TPSA) is 82.0 Å². The van der Waals surface area contributed by atoms with Crippen molar-refractivity contribution in [2.75, 3.05) is 6.54 Å². The summed E-state index contributed by atoms with van der Waals surface area (Å²) >= 11 is 0. The maximum atomic E-state index is 11.7. The van der Waals surface area contributed by atoms with Gasteiger partial charge in [-0.2, -0.15) is 4.98 Å². The van der Waals surface area contributed by atoms with Crippen LogP contribution in [0.1, 0.15) is 29.1 Å². The molecular formula is C13H15N3O2. The molecule has 0 aliphatic rings. The highest BCUT2D eigenvalue weighted by atomic mass is 16.5. The van der Waals surface area contributed by atoms with Crippen molar-refractivity contribution >= 4 is 5.78 Å². The Labute approximate surface area is 105 Å². The minimum Gasteiger partial charge on any atom is -0.330 e. The van der Waals surface area contributed by atoms with Crippen molar-refractivity contribution in [3.63, 3.8) is 0 Å². The number of hydrogen-bond acceptors (Lipinski definition) is 5. The van der Waals surface area contributed by atoms with Crippen LogP contribution in [0.5, 0.6) is 0 Å². The van der Waals surface area contributed by atoms with Crippen molar-refractivity contribution in [3.05, 3.63) is 35.7 Å². The second-order valence-electron chi connectivity index (χ2n) is 4.10. The van der Waals surface area contributed by atoms with Crippen molar-refractivity contribution < 1.29 is 9.32 Å². The number of hydrogen-bond donors (Lipinski definition) is 1. The van der Waals surface area contributed by atoms with Gasteiger partial charge in [0.05, 0.1) is 0 Å². The molecule has 0 aliphatic carbocycles. The van der Waals surface area contributed by atoms with Crippen molar-refractivity contribution in [2.24, 2.45) is 5.73 Å². The van der Waals surface area contributed by atoms with Gasteiger partial charge in [0.1, 0.15) is 0 Å². The minimum atomic E-state index is -0.161. The number of aromatic nitrogens is 2. The molecule has 0 saturated heterocycles. The molecule has 2 N–H and O–H groups in total. The van der Waals surface area contributed by atoms with Gasteiger partial charge < -0.3 is 10.3 Å². The van der Waals surface area contributed by atoms with Gasteiger partial charge in [0, 0.05) is 12.0 Å². The maximum Gasteiger partial charge on any atom is 0.294 e. The third kappa shape index (κ3) is 2.81. The number of carbonyl (C=O) groups excluding carboxylic acids is 1. The Balaban J connectivity index is 2.15. The van der Waals surface area contributed by atoms with Gasteiger partial charge in [-0.1, -0.05) is 35.0 Å². The van der Waals surface area contributed by atoms with E-state index in [1.807, 2.05) is 31.2 Å². The van der Waals surface area contributed by atoms with Crippen LogP contribution in [-0.2, 0) is 0 Å². The molecule has 0 radical (unpaired) electrons. The number of carbonyl (C=O) groups is 1. The average Bonchev–Trinajstić information content (AvgIpc) is 2.86. The molecule has 0 amide bonds. The first kappa shape index (κ1) is 12.4. The van der Waals surface area contributed by atoms with Gasteiger partial charge in [-0.25, -0.2) is 0 Å². The lowest BCUT2D eigenvalue weighted by Gasteiger charge is -1.94. The van der Waals surface area contributed by atoms with Crippen molar-refractivity contribution in [3.8, 4) is 11.4 Å². The zero-order valence-electron chi connectivity index (χ0n) is 10.2. The lowest BCUT2D eigenvalue weighted by molar-refractivity contribution is 0.0938. The maximum absolute atomic E-state index is 11.7. The standard InChI is InChI=1S/C13H15N3O2/c1-9-4-6-10(7-5-9)12-15-13(18-16-12)11(17)3-2-8-14/h4-7H,2-3,8,14H2,1H3. The summed E-state index contributed by atoms with van der Waals surface area (Å²) in [6.45, 7) is 2.48. The van der Waals surface area contributed by atoms with Crippen LogP contribution in [0.25, 0.3) is 11.4 Å². The number of rotatable bonds is 5. The van der Waals surface area contributed by atoms with E-state index in [4.69, 9.17) is 10.3 Å². The first-order valence-electron chi connectivity index (χ1n) is 5.84. The molecular weight excluding hydrogens is 230 g/mol. The lowest BCUT2D eigenvalue weighted by atomic mass is 10.1. The molecule has 0 saturated carbocycles. The zero-order valence-corrected chi connectivity index (χ0v) is 10.2. The summed E-state index contributed by atoms with van der Waals surface area (Å²) in [4.78, 5) is 15.7. The molecule has 2 rings (SSSR count). The number of benzene rings is 1. The number of nitrogens with two attached hydrogens (primary N) is 1. The summed E-state index contributed by atoms with van der Waals surface area (Å²) in [5, 5.41) is 3.81. The summed E-state index contributed by atoms with van der Waals surface area (Å²) in [6.07, 6.45) is 0.965. The third-order valence-corrected chi connectivity index (χ3v) is 2.58. The quantitative estimate of drug-likeness (QED) is 0.814. The summed E-state index contributed by atoms with van der Waals surface area (Å²) in [5.41, 5.74) is 7.34. The van der Waals surface area contributed by atoms with E-state index in [0.29, 0.717) is 25.2 Å². The molecule has 0 unspecified atom stereocenters. The van der Waals surface area contributed by atoms with Crippen LogP contribution >= 0.6 is 0 Å². The van der Waals surface area contributed by atoms with E-state index in [1.54, 1.807) is 0 Å². The summed E-state index contributed by atoms with van der Waals surface area (Å²) in [6, 6.07) is 7.71. The zero-order chi connectivity index (χ0) is 13.0. The predicted molar refractivity (Wildman–Crippen MR) is 67.1 cm³/mol. The molecule has 0 atom stereocenters. The average molecular weight is 245 g/mol. The van der Waals surface area contributed by atoms with Crippen LogP contribution < -0.4 is 5.73 Å². The molecule has 0 spiro atoms. The Morgan fingerprint density at radius 2 is 2.06 bits per heavy atom. The second kappa shape index (κ2) is 5.55. The molecule has 5 heteroatoms. The molecule has 18 heavy (non-hydrogen) atoms. The molecule has 2 aromatic rings. The minimum absolute atomic E-state index is 0.0547. The van der Waals surface area contributed by atoms with Gasteiger partial charge in [-0.15, -0.1) is 0 Å². The van der Waals surface area contributed by atoms with E-state index in [1.165, 1.54) is 0 Å². The molecule has 1 aromatic carbocycles. The van der Waals surface area contributed by atoms with Crippen LogP contribution in [0.4, 0.5) is 0 Å².